The lowest BCUT2D eigenvalue weighted by Crippen LogP contribution is -2.44. The summed E-state index contributed by atoms with van der Waals surface area (Å²) >= 11 is 6.39. The van der Waals surface area contributed by atoms with Crippen LogP contribution in [0.15, 0.2) is 70.9 Å². The van der Waals surface area contributed by atoms with Crippen LogP contribution in [-0.2, 0) is 9.59 Å². The number of ether oxygens (including phenoxy) is 1. The molecule has 1 aromatic heterocycles. The van der Waals surface area contributed by atoms with E-state index in [9.17, 15) is 14.7 Å². The maximum atomic E-state index is 13.4. The first-order valence-electron chi connectivity index (χ1n) is 12.2. The molecule has 37 heavy (non-hydrogen) atoms. The molecule has 1 amide bonds. The lowest BCUT2D eigenvalue weighted by Gasteiger charge is -2.34. The standard InChI is InChI=1S/C28H28ClN3O5/c1-3-36-20-10-11-22(29)21(17-20)26(33)24-25(23-5-4-16-37-23)32(28(35)27(24)34)19-8-6-18(7-9-19)31-14-12-30(2)13-15-31/h4-11,16-17,25,33H,3,12-15H2,1-2H3/b26-24-. The largest absolute Gasteiger partial charge is 0.507 e. The van der Waals surface area contributed by atoms with Gasteiger partial charge in [-0.1, -0.05) is 11.6 Å². The lowest BCUT2D eigenvalue weighted by molar-refractivity contribution is -0.132. The predicted octanol–water partition coefficient (Wildman–Crippen LogP) is 4.71. The van der Waals surface area contributed by atoms with Crippen LogP contribution >= 0.6 is 11.6 Å². The number of piperazine rings is 1. The van der Waals surface area contributed by atoms with Gasteiger partial charge in [0.2, 0.25) is 0 Å². The number of hydrogen-bond donors (Lipinski definition) is 1. The van der Waals surface area contributed by atoms with Crippen molar-refractivity contribution < 1.29 is 23.8 Å². The van der Waals surface area contributed by atoms with Crippen LogP contribution in [0.2, 0.25) is 5.02 Å². The quantitative estimate of drug-likeness (QED) is 0.285. The van der Waals surface area contributed by atoms with Gasteiger partial charge >= 0.3 is 0 Å². The molecule has 3 heterocycles. The van der Waals surface area contributed by atoms with E-state index in [-0.39, 0.29) is 21.9 Å². The van der Waals surface area contributed by atoms with Crippen molar-refractivity contribution in [3.8, 4) is 5.75 Å². The van der Waals surface area contributed by atoms with Crippen LogP contribution < -0.4 is 14.5 Å². The maximum absolute atomic E-state index is 13.4. The van der Waals surface area contributed by atoms with Gasteiger partial charge in [-0.2, -0.15) is 0 Å². The van der Waals surface area contributed by atoms with Crippen LogP contribution in [0.5, 0.6) is 5.75 Å². The molecule has 0 spiro atoms. The van der Waals surface area contributed by atoms with E-state index < -0.39 is 17.7 Å². The van der Waals surface area contributed by atoms with Gasteiger partial charge in [0, 0.05) is 43.1 Å². The fraction of sp³-hybridized carbons (Fsp3) is 0.286. The van der Waals surface area contributed by atoms with Crippen molar-refractivity contribution in [1.29, 1.82) is 0 Å². The number of aliphatic hydroxyl groups is 1. The molecule has 192 valence electrons. The molecule has 2 aliphatic heterocycles. The second kappa shape index (κ2) is 10.3. The summed E-state index contributed by atoms with van der Waals surface area (Å²) in [4.78, 5) is 32.6. The summed E-state index contributed by atoms with van der Waals surface area (Å²) < 4.78 is 11.2. The number of hydrogen-bond acceptors (Lipinski definition) is 7. The Morgan fingerprint density at radius 3 is 2.41 bits per heavy atom. The van der Waals surface area contributed by atoms with Gasteiger partial charge in [0.05, 0.1) is 23.5 Å². The third-order valence-electron chi connectivity index (χ3n) is 6.76. The molecule has 2 aromatic carbocycles. The molecule has 0 aliphatic carbocycles. The van der Waals surface area contributed by atoms with Crippen LogP contribution in [0.3, 0.4) is 0 Å². The van der Waals surface area contributed by atoms with E-state index in [0.29, 0.717) is 23.8 Å². The molecule has 0 bridgehead atoms. The fourth-order valence-electron chi connectivity index (χ4n) is 4.79. The molecule has 2 saturated heterocycles. The molecule has 0 saturated carbocycles. The van der Waals surface area contributed by atoms with Gasteiger partial charge in [-0.3, -0.25) is 14.5 Å². The first kappa shape index (κ1) is 24.9. The zero-order valence-corrected chi connectivity index (χ0v) is 21.4. The molecule has 9 heteroatoms. The van der Waals surface area contributed by atoms with E-state index >= 15 is 0 Å². The highest BCUT2D eigenvalue weighted by atomic mass is 35.5. The molecule has 1 N–H and O–H groups in total. The monoisotopic (exact) mass is 521 g/mol. The lowest BCUT2D eigenvalue weighted by atomic mass is 9.99. The molecule has 2 aliphatic rings. The minimum atomic E-state index is -0.962. The number of aliphatic hydroxyl groups excluding tert-OH is 1. The molecule has 0 radical (unpaired) electrons. The zero-order valence-electron chi connectivity index (χ0n) is 20.7. The Balaban J connectivity index is 1.56. The summed E-state index contributed by atoms with van der Waals surface area (Å²) in [7, 11) is 2.10. The van der Waals surface area contributed by atoms with E-state index in [1.54, 1.807) is 30.3 Å². The van der Waals surface area contributed by atoms with E-state index in [0.717, 1.165) is 31.9 Å². The summed E-state index contributed by atoms with van der Waals surface area (Å²) in [6.45, 7) is 6.03. The first-order chi connectivity index (χ1) is 17.9. The van der Waals surface area contributed by atoms with Gasteiger partial charge in [0.1, 0.15) is 23.3 Å². The summed E-state index contributed by atoms with van der Waals surface area (Å²) in [6.07, 6.45) is 1.47. The predicted molar refractivity (Wildman–Crippen MR) is 142 cm³/mol. The van der Waals surface area contributed by atoms with Gasteiger partial charge in [0.15, 0.2) is 0 Å². The number of rotatable bonds is 6. The van der Waals surface area contributed by atoms with Gasteiger partial charge in [-0.05, 0) is 68.6 Å². The molecule has 5 rings (SSSR count). The van der Waals surface area contributed by atoms with Crippen molar-refractivity contribution in [2.24, 2.45) is 0 Å². The molecular weight excluding hydrogens is 494 g/mol. The molecule has 3 aromatic rings. The number of carbonyl (C=O) groups excluding carboxylic acids is 2. The Bertz CT molecular complexity index is 1330. The van der Waals surface area contributed by atoms with Gasteiger partial charge in [-0.25, -0.2) is 0 Å². The highest BCUT2D eigenvalue weighted by Crippen LogP contribution is 2.43. The van der Waals surface area contributed by atoms with Crippen molar-refractivity contribution in [2.75, 3.05) is 49.6 Å². The minimum Gasteiger partial charge on any atom is -0.507 e. The Morgan fingerprint density at radius 2 is 1.76 bits per heavy atom. The first-order valence-corrected chi connectivity index (χ1v) is 12.6. The Hall–Kier alpha value is -3.75. The van der Waals surface area contributed by atoms with Gasteiger partial charge in [0.25, 0.3) is 11.7 Å². The minimum absolute atomic E-state index is 0.0985. The van der Waals surface area contributed by atoms with Crippen LogP contribution in [0.4, 0.5) is 11.4 Å². The highest BCUT2D eigenvalue weighted by Gasteiger charge is 2.48. The van der Waals surface area contributed by atoms with Crippen LogP contribution in [0, 0.1) is 0 Å². The normalized spacial score (nSPS) is 20.0. The van der Waals surface area contributed by atoms with Crippen molar-refractivity contribution in [3.05, 3.63) is 82.8 Å². The number of benzene rings is 2. The fourth-order valence-corrected chi connectivity index (χ4v) is 5.00. The van der Waals surface area contributed by atoms with Gasteiger partial charge in [-0.15, -0.1) is 0 Å². The van der Waals surface area contributed by atoms with Crippen molar-refractivity contribution in [2.45, 2.75) is 13.0 Å². The number of ketones is 1. The van der Waals surface area contributed by atoms with E-state index in [4.69, 9.17) is 20.8 Å². The number of anilines is 2. The van der Waals surface area contributed by atoms with E-state index in [1.165, 1.54) is 11.2 Å². The Morgan fingerprint density at radius 1 is 1.05 bits per heavy atom. The molecular formula is C28H28ClN3O5. The number of nitrogens with zero attached hydrogens (tertiary/aromatic N) is 3. The van der Waals surface area contributed by atoms with Crippen LogP contribution in [0.1, 0.15) is 24.3 Å². The zero-order chi connectivity index (χ0) is 26.1. The molecule has 8 nitrogen and oxygen atoms in total. The Kier molecular flexibility index (Phi) is 6.95. The summed E-state index contributed by atoms with van der Waals surface area (Å²) in [6, 6.07) is 14.7. The number of furan rings is 1. The average Bonchev–Trinajstić information content (AvgIpc) is 3.52. The molecule has 1 unspecified atom stereocenters. The third kappa shape index (κ3) is 4.70. The third-order valence-corrected chi connectivity index (χ3v) is 7.09. The van der Waals surface area contributed by atoms with Crippen molar-refractivity contribution in [1.82, 2.24) is 4.90 Å². The summed E-state index contributed by atoms with van der Waals surface area (Å²) in [5.74, 6) is -1.13. The van der Waals surface area contributed by atoms with Gasteiger partial charge < -0.3 is 24.1 Å². The Labute approximate surface area is 220 Å². The highest BCUT2D eigenvalue weighted by molar-refractivity contribution is 6.52. The summed E-state index contributed by atoms with van der Waals surface area (Å²) in [5, 5.41) is 11.6. The van der Waals surface area contributed by atoms with Crippen molar-refractivity contribution >= 4 is 40.4 Å². The number of Topliss-reactive ketones (excluding diaryl/α,β-unsaturated/α-hetero) is 1. The second-order valence-electron chi connectivity index (χ2n) is 9.07. The smallest absolute Gasteiger partial charge is 0.300 e. The SMILES string of the molecule is CCOc1ccc(Cl)c(/C(O)=C2/C(=O)C(=O)N(c3ccc(N4CCN(C)CC4)cc3)C2c2ccco2)c1. The molecule has 2 fully saturated rings. The second-order valence-corrected chi connectivity index (χ2v) is 9.47. The van der Waals surface area contributed by atoms with Crippen LogP contribution in [-0.4, -0.2) is 61.5 Å². The topological polar surface area (TPSA) is 86.5 Å². The maximum Gasteiger partial charge on any atom is 0.300 e. The molecule has 1 atom stereocenters. The number of halogens is 1. The number of amides is 1. The van der Waals surface area contributed by atoms with E-state index in [2.05, 4.69) is 16.8 Å². The van der Waals surface area contributed by atoms with Crippen molar-refractivity contribution in [3.63, 3.8) is 0 Å². The average molecular weight is 522 g/mol. The van der Waals surface area contributed by atoms with Crippen LogP contribution in [0.25, 0.3) is 5.76 Å². The summed E-state index contributed by atoms with van der Waals surface area (Å²) in [5.41, 5.74) is 1.67. The number of carbonyl (C=O) groups is 2. The number of likely N-dealkylation sites (N-methyl/N-ethyl adjacent to an activating group) is 1. The van der Waals surface area contributed by atoms with E-state index in [1.807, 2.05) is 31.2 Å².